The third-order valence-corrected chi connectivity index (χ3v) is 6.27. The molecule has 3 aromatic rings. The zero-order valence-corrected chi connectivity index (χ0v) is 22.0. The highest BCUT2D eigenvalue weighted by molar-refractivity contribution is 7.81. The first-order chi connectivity index (χ1) is 17.7. The molecule has 1 amide bonds. The van der Waals surface area contributed by atoms with Crippen molar-refractivity contribution in [1.82, 2.24) is 14.9 Å². The summed E-state index contributed by atoms with van der Waals surface area (Å²) < 4.78 is 22.5. The maximum Gasteiger partial charge on any atom is 0.336 e. The fourth-order valence-electron chi connectivity index (χ4n) is 4.01. The van der Waals surface area contributed by atoms with Gasteiger partial charge in [-0.1, -0.05) is 44.2 Å². The van der Waals surface area contributed by atoms with E-state index in [0.717, 1.165) is 0 Å². The van der Waals surface area contributed by atoms with Crippen molar-refractivity contribution in [2.75, 3.05) is 6.61 Å². The number of aliphatic hydroxyl groups is 1. The van der Waals surface area contributed by atoms with Gasteiger partial charge in [-0.25, -0.2) is 9.18 Å². The number of amides is 1. The summed E-state index contributed by atoms with van der Waals surface area (Å²) in [5.41, 5.74) is 2.03. The predicted molar refractivity (Wildman–Crippen MR) is 141 cm³/mol. The van der Waals surface area contributed by atoms with E-state index in [-0.39, 0.29) is 37.2 Å². The minimum atomic E-state index is -1.10. The van der Waals surface area contributed by atoms with Crippen molar-refractivity contribution < 1.29 is 28.9 Å². The first-order valence-electron chi connectivity index (χ1n) is 12.0. The van der Waals surface area contributed by atoms with Gasteiger partial charge in [-0.2, -0.15) is 17.6 Å². The van der Waals surface area contributed by atoms with Crippen LogP contribution in [0.1, 0.15) is 54.5 Å². The molecule has 8 nitrogen and oxygen atoms in total. The number of nitrogens with one attached hydrogen (secondary N) is 1. The SMILES string of the molecule is CCOc1nc(CO)c(CNC(=O)[C@@H](S)CC(C)C)n1Cc1ccc(-c2ccccc2C(=O)O)cc1F. The molecule has 3 N–H and O–H groups in total. The number of carboxylic acid groups (broad SMARTS) is 1. The van der Waals surface area contributed by atoms with Crippen molar-refractivity contribution in [3.05, 3.63) is 70.8 Å². The van der Waals surface area contributed by atoms with Gasteiger partial charge in [-0.15, -0.1) is 0 Å². The number of benzene rings is 2. The van der Waals surface area contributed by atoms with Crippen LogP contribution in [-0.4, -0.2) is 43.5 Å². The lowest BCUT2D eigenvalue weighted by Crippen LogP contribution is -2.33. The number of carboxylic acids is 1. The van der Waals surface area contributed by atoms with Gasteiger partial charge in [0.15, 0.2) is 0 Å². The topological polar surface area (TPSA) is 114 Å². The van der Waals surface area contributed by atoms with Gasteiger partial charge in [0.05, 0.1) is 48.5 Å². The molecule has 0 unspecified atom stereocenters. The maximum atomic E-state index is 15.3. The number of thiol groups is 1. The number of hydrogen-bond donors (Lipinski definition) is 4. The second kappa shape index (κ2) is 12.7. The average Bonchev–Trinajstić information content (AvgIpc) is 3.19. The lowest BCUT2D eigenvalue weighted by molar-refractivity contribution is -0.121. The van der Waals surface area contributed by atoms with E-state index < -0.39 is 17.0 Å². The number of ether oxygens (including phenoxy) is 1. The minimum absolute atomic E-state index is 0.0243. The summed E-state index contributed by atoms with van der Waals surface area (Å²) in [7, 11) is 0. The molecule has 1 aromatic heterocycles. The Morgan fingerprint density at radius 1 is 1.22 bits per heavy atom. The lowest BCUT2D eigenvalue weighted by Gasteiger charge is -2.16. The van der Waals surface area contributed by atoms with Crippen molar-refractivity contribution in [3.63, 3.8) is 0 Å². The van der Waals surface area contributed by atoms with Crippen LogP contribution in [0.2, 0.25) is 0 Å². The molecule has 1 atom stereocenters. The first-order valence-corrected chi connectivity index (χ1v) is 12.6. The molecule has 0 saturated heterocycles. The van der Waals surface area contributed by atoms with Crippen molar-refractivity contribution in [2.24, 2.45) is 5.92 Å². The molecule has 3 rings (SSSR count). The highest BCUT2D eigenvalue weighted by Gasteiger charge is 2.22. The third-order valence-electron chi connectivity index (χ3n) is 5.82. The number of halogens is 1. The van der Waals surface area contributed by atoms with Gasteiger partial charge in [0.25, 0.3) is 6.01 Å². The van der Waals surface area contributed by atoms with Crippen LogP contribution < -0.4 is 10.1 Å². The average molecular weight is 530 g/mol. The highest BCUT2D eigenvalue weighted by Crippen LogP contribution is 2.28. The number of aromatic carboxylic acids is 1. The molecular weight excluding hydrogens is 497 g/mol. The smallest absolute Gasteiger partial charge is 0.336 e. The lowest BCUT2D eigenvalue weighted by atomic mass is 9.98. The Hall–Kier alpha value is -3.37. The minimum Gasteiger partial charge on any atom is -0.478 e. The molecule has 0 spiro atoms. The Bertz CT molecular complexity index is 1260. The van der Waals surface area contributed by atoms with Crippen LogP contribution in [0.4, 0.5) is 4.39 Å². The van der Waals surface area contributed by atoms with E-state index in [9.17, 15) is 19.8 Å². The van der Waals surface area contributed by atoms with Gasteiger partial charge in [0.1, 0.15) is 5.82 Å². The molecule has 37 heavy (non-hydrogen) atoms. The number of nitrogens with zero attached hydrogens (tertiary/aromatic N) is 2. The van der Waals surface area contributed by atoms with E-state index >= 15 is 4.39 Å². The normalized spacial score (nSPS) is 12.0. The Labute approximate surface area is 220 Å². The van der Waals surface area contributed by atoms with Crippen molar-refractivity contribution >= 4 is 24.5 Å². The molecule has 0 fully saturated rings. The van der Waals surface area contributed by atoms with E-state index in [1.54, 1.807) is 41.8 Å². The summed E-state index contributed by atoms with van der Waals surface area (Å²) in [4.78, 5) is 28.5. The van der Waals surface area contributed by atoms with Crippen molar-refractivity contribution in [3.8, 4) is 17.1 Å². The number of carbonyl (C=O) groups excluding carboxylic acids is 1. The number of hydrogen-bond acceptors (Lipinski definition) is 6. The zero-order valence-electron chi connectivity index (χ0n) is 21.1. The summed E-state index contributed by atoms with van der Waals surface area (Å²) in [5.74, 6) is -1.59. The van der Waals surface area contributed by atoms with Crippen molar-refractivity contribution in [2.45, 2.75) is 52.1 Å². The van der Waals surface area contributed by atoms with Crippen LogP contribution in [0.15, 0.2) is 42.5 Å². The number of carbonyl (C=O) groups is 2. The molecule has 0 aliphatic carbocycles. The number of imidazole rings is 1. The molecule has 0 bridgehead atoms. The highest BCUT2D eigenvalue weighted by atomic mass is 32.1. The van der Waals surface area contributed by atoms with Crippen LogP contribution in [0.3, 0.4) is 0 Å². The number of aliphatic hydroxyl groups excluding tert-OH is 1. The van der Waals surface area contributed by atoms with Gasteiger partial charge < -0.3 is 20.3 Å². The number of aromatic nitrogens is 2. The first kappa shape index (κ1) is 28.2. The van der Waals surface area contributed by atoms with Gasteiger partial charge >= 0.3 is 5.97 Å². The fourth-order valence-corrected chi connectivity index (χ4v) is 4.53. The quantitative estimate of drug-likeness (QED) is 0.261. The molecule has 0 radical (unpaired) electrons. The zero-order chi connectivity index (χ0) is 27.1. The van der Waals surface area contributed by atoms with E-state index in [1.165, 1.54) is 12.1 Å². The van der Waals surface area contributed by atoms with Crippen LogP contribution in [0.25, 0.3) is 11.1 Å². The van der Waals surface area contributed by atoms with Gasteiger partial charge in [0.2, 0.25) is 5.91 Å². The van der Waals surface area contributed by atoms with E-state index in [1.807, 2.05) is 13.8 Å². The van der Waals surface area contributed by atoms with Gasteiger partial charge in [-0.3, -0.25) is 9.36 Å². The van der Waals surface area contributed by atoms with E-state index in [2.05, 4.69) is 22.9 Å². The Kier molecular flexibility index (Phi) is 9.71. The van der Waals surface area contributed by atoms with Crippen LogP contribution in [-0.2, 0) is 24.5 Å². The summed E-state index contributed by atoms with van der Waals surface area (Å²) in [5, 5.41) is 21.7. The molecular formula is C27H32FN3O5S. The second-order valence-corrected chi connectivity index (χ2v) is 9.61. The Morgan fingerprint density at radius 3 is 2.57 bits per heavy atom. The molecule has 0 saturated carbocycles. The second-order valence-electron chi connectivity index (χ2n) is 8.99. The Morgan fingerprint density at radius 2 is 1.95 bits per heavy atom. The van der Waals surface area contributed by atoms with Crippen LogP contribution in [0, 0.1) is 11.7 Å². The molecule has 0 aliphatic heterocycles. The molecule has 198 valence electrons. The Balaban J connectivity index is 1.92. The molecule has 0 aliphatic rings. The van der Waals surface area contributed by atoms with Gasteiger partial charge in [0, 0.05) is 5.56 Å². The summed E-state index contributed by atoms with van der Waals surface area (Å²) in [6.07, 6.45) is 0.605. The third kappa shape index (κ3) is 6.90. The summed E-state index contributed by atoms with van der Waals surface area (Å²) in [6, 6.07) is 11.1. The number of rotatable bonds is 12. The van der Waals surface area contributed by atoms with Gasteiger partial charge in [-0.05, 0) is 42.5 Å². The van der Waals surface area contributed by atoms with Crippen LogP contribution in [0.5, 0.6) is 6.01 Å². The molecule has 2 aromatic carbocycles. The van der Waals surface area contributed by atoms with E-state index in [0.29, 0.717) is 47.0 Å². The monoisotopic (exact) mass is 529 g/mol. The fraction of sp³-hybridized carbons (Fsp3) is 0.370. The maximum absolute atomic E-state index is 15.3. The van der Waals surface area contributed by atoms with Crippen molar-refractivity contribution in [1.29, 1.82) is 0 Å². The predicted octanol–water partition coefficient (Wildman–Crippen LogP) is 4.29. The molecule has 10 heteroatoms. The largest absolute Gasteiger partial charge is 0.478 e. The molecule has 1 heterocycles. The summed E-state index contributed by atoms with van der Waals surface area (Å²) in [6.45, 7) is 5.78. The van der Waals surface area contributed by atoms with E-state index in [4.69, 9.17) is 4.74 Å². The standard InChI is InChI=1S/C27H32FN3O5S/c1-4-36-27-30-22(15-32)23(13-29-25(33)24(37)11-16(2)3)31(27)14-18-10-9-17(12-21(18)28)19-7-5-6-8-20(19)26(34)35/h5-10,12,16,24,32,37H,4,11,13-15H2,1-3H3,(H,29,33)(H,34,35)/t24-/m0/s1. The van der Waals surface area contributed by atoms with Crippen LogP contribution >= 0.6 is 12.6 Å². The summed E-state index contributed by atoms with van der Waals surface area (Å²) >= 11 is 4.38.